The standard InChI is InChI=1S/C15H24N2O3/c1-19-15(18)7-8-16-12-13(14-6-5-11-20-14)17-9-3-2-4-10-17/h5-6,11,13,16H,2-4,7-10,12H2,1H3/t13-/m1/s1. The number of carbonyl (C=O) groups is 1. The van der Waals surface area contributed by atoms with E-state index in [9.17, 15) is 4.79 Å². The molecule has 0 bridgehead atoms. The van der Waals surface area contributed by atoms with Gasteiger partial charge in [0.15, 0.2) is 0 Å². The number of rotatable bonds is 7. The number of ether oxygens (including phenoxy) is 1. The van der Waals surface area contributed by atoms with Gasteiger partial charge in [0.1, 0.15) is 5.76 Å². The predicted molar refractivity (Wildman–Crippen MR) is 76.4 cm³/mol. The maximum Gasteiger partial charge on any atom is 0.306 e. The number of likely N-dealkylation sites (tertiary alicyclic amines) is 1. The Bertz CT molecular complexity index is 386. The lowest BCUT2D eigenvalue weighted by Gasteiger charge is -2.33. The van der Waals surface area contributed by atoms with Crippen LogP contribution < -0.4 is 5.32 Å². The summed E-state index contributed by atoms with van der Waals surface area (Å²) < 4.78 is 10.2. The second-order valence-corrected chi connectivity index (χ2v) is 5.16. The quantitative estimate of drug-likeness (QED) is 0.611. The summed E-state index contributed by atoms with van der Waals surface area (Å²) in [6.07, 6.45) is 5.94. The maximum atomic E-state index is 11.1. The monoisotopic (exact) mass is 280 g/mol. The van der Waals surface area contributed by atoms with Gasteiger partial charge in [0.05, 0.1) is 25.8 Å². The van der Waals surface area contributed by atoms with Gasteiger partial charge in [-0.2, -0.15) is 0 Å². The molecule has 1 aromatic heterocycles. The summed E-state index contributed by atoms with van der Waals surface area (Å²) in [6.45, 7) is 3.66. The van der Waals surface area contributed by atoms with Crippen molar-refractivity contribution in [1.82, 2.24) is 10.2 Å². The van der Waals surface area contributed by atoms with Gasteiger partial charge in [0.2, 0.25) is 0 Å². The summed E-state index contributed by atoms with van der Waals surface area (Å²) in [5, 5.41) is 3.33. The minimum Gasteiger partial charge on any atom is -0.469 e. The zero-order valence-electron chi connectivity index (χ0n) is 12.1. The van der Waals surface area contributed by atoms with Gasteiger partial charge in [-0.05, 0) is 38.1 Å². The Balaban J connectivity index is 1.85. The molecule has 2 rings (SSSR count). The molecule has 2 heterocycles. The number of methoxy groups -OCH3 is 1. The lowest BCUT2D eigenvalue weighted by Crippen LogP contribution is -2.39. The van der Waals surface area contributed by atoms with Gasteiger partial charge in [-0.25, -0.2) is 0 Å². The molecule has 0 amide bonds. The summed E-state index contributed by atoms with van der Waals surface area (Å²) in [5.41, 5.74) is 0. The molecule has 0 unspecified atom stereocenters. The Morgan fingerprint density at radius 2 is 2.25 bits per heavy atom. The van der Waals surface area contributed by atoms with Crippen LogP contribution in [-0.4, -0.2) is 44.2 Å². The van der Waals surface area contributed by atoms with Crippen molar-refractivity contribution in [3.05, 3.63) is 24.2 Å². The smallest absolute Gasteiger partial charge is 0.306 e. The van der Waals surface area contributed by atoms with Crippen molar-refractivity contribution in [1.29, 1.82) is 0 Å². The average molecular weight is 280 g/mol. The Hall–Kier alpha value is -1.33. The molecule has 5 heteroatoms. The first kappa shape index (κ1) is 15.1. The molecule has 0 aromatic carbocycles. The van der Waals surface area contributed by atoms with Crippen LogP contribution in [0.3, 0.4) is 0 Å². The van der Waals surface area contributed by atoms with Crippen molar-refractivity contribution in [3.63, 3.8) is 0 Å². The summed E-state index contributed by atoms with van der Waals surface area (Å²) in [4.78, 5) is 13.6. The minimum atomic E-state index is -0.176. The van der Waals surface area contributed by atoms with Crippen molar-refractivity contribution in [2.75, 3.05) is 33.3 Å². The van der Waals surface area contributed by atoms with Crippen LogP contribution in [-0.2, 0) is 9.53 Å². The molecule has 1 saturated heterocycles. The van der Waals surface area contributed by atoms with E-state index in [4.69, 9.17) is 4.42 Å². The van der Waals surface area contributed by atoms with E-state index in [0.717, 1.165) is 25.4 Å². The summed E-state index contributed by atoms with van der Waals surface area (Å²) in [6, 6.07) is 4.21. The third-order valence-electron chi connectivity index (χ3n) is 3.77. The largest absolute Gasteiger partial charge is 0.469 e. The molecule has 1 aromatic rings. The van der Waals surface area contributed by atoms with E-state index in [1.165, 1.54) is 26.4 Å². The molecule has 5 nitrogen and oxygen atoms in total. The molecular weight excluding hydrogens is 256 g/mol. The van der Waals surface area contributed by atoms with E-state index in [1.807, 2.05) is 12.1 Å². The SMILES string of the molecule is COC(=O)CCNC[C@H](c1ccco1)N1CCCCC1. The van der Waals surface area contributed by atoms with Gasteiger partial charge in [0, 0.05) is 13.1 Å². The van der Waals surface area contributed by atoms with Crippen molar-refractivity contribution >= 4 is 5.97 Å². The van der Waals surface area contributed by atoms with Crippen LogP contribution in [0.15, 0.2) is 22.8 Å². The average Bonchev–Trinajstić information content (AvgIpc) is 3.02. The summed E-state index contributed by atoms with van der Waals surface area (Å²) >= 11 is 0. The highest BCUT2D eigenvalue weighted by molar-refractivity contribution is 5.69. The van der Waals surface area contributed by atoms with Gasteiger partial charge in [-0.3, -0.25) is 9.69 Å². The lowest BCUT2D eigenvalue weighted by atomic mass is 10.1. The van der Waals surface area contributed by atoms with Gasteiger partial charge >= 0.3 is 5.97 Å². The normalized spacial score (nSPS) is 17.9. The number of hydrogen-bond acceptors (Lipinski definition) is 5. The van der Waals surface area contributed by atoms with Crippen LogP contribution in [0.4, 0.5) is 0 Å². The Kier molecular flexibility index (Phi) is 6.08. The minimum absolute atomic E-state index is 0.176. The predicted octanol–water partition coefficient (Wildman–Crippen LogP) is 1.96. The highest BCUT2D eigenvalue weighted by Gasteiger charge is 2.23. The van der Waals surface area contributed by atoms with Crippen LogP contribution in [0.5, 0.6) is 0 Å². The van der Waals surface area contributed by atoms with Crippen molar-refractivity contribution in [2.24, 2.45) is 0 Å². The number of carbonyl (C=O) groups excluding carboxylic acids is 1. The first-order chi connectivity index (χ1) is 9.81. The highest BCUT2D eigenvalue weighted by atomic mass is 16.5. The van der Waals surface area contributed by atoms with E-state index in [1.54, 1.807) is 6.26 Å². The number of hydrogen-bond donors (Lipinski definition) is 1. The van der Waals surface area contributed by atoms with Crippen LogP contribution in [0.25, 0.3) is 0 Å². The van der Waals surface area contributed by atoms with Gasteiger partial charge < -0.3 is 14.5 Å². The Morgan fingerprint density at radius 3 is 2.90 bits per heavy atom. The molecule has 1 aliphatic rings. The Labute approximate surface area is 120 Å². The third-order valence-corrected chi connectivity index (χ3v) is 3.77. The number of esters is 1. The molecule has 0 spiro atoms. The van der Waals surface area contributed by atoms with Crippen LogP contribution >= 0.6 is 0 Å². The molecule has 112 valence electrons. The fourth-order valence-corrected chi connectivity index (χ4v) is 2.65. The van der Waals surface area contributed by atoms with E-state index < -0.39 is 0 Å². The molecular formula is C15H24N2O3. The fourth-order valence-electron chi connectivity index (χ4n) is 2.65. The third kappa shape index (κ3) is 4.35. The molecule has 0 radical (unpaired) electrons. The van der Waals surface area contributed by atoms with E-state index >= 15 is 0 Å². The number of nitrogens with one attached hydrogen (secondary N) is 1. The molecule has 1 fully saturated rings. The lowest BCUT2D eigenvalue weighted by molar-refractivity contribution is -0.140. The molecule has 0 aliphatic carbocycles. The highest BCUT2D eigenvalue weighted by Crippen LogP contribution is 2.24. The molecule has 1 aliphatic heterocycles. The molecule has 20 heavy (non-hydrogen) atoms. The topological polar surface area (TPSA) is 54.7 Å². The van der Waals surface area contributed by atoms with Gasteiger partial charge in [-0.1, -0.05) is 6.42 Å². The van der Waals surface area contributed by atoms with Crippen LogP contribution in [0, 0.1) is 0 Å². The summed E-state index contributed by atoms with van der Waals surface area (Å²) in [5.74, 6) is 0.822. The second kappa shape index (κ2) is 8.07. The maximum absolute atomic E-state index is 11.1. The van der Waals surface area contributed by atoms with Gasteiger partial charge in [-0.15, -0.1) is 0 Å². The van der Waals surface area contributed by atoms with E-state index in [2.05, 4.69) is 15.0 Å². The number of piperidine rings is 1. The fraction of sp³-hybridized carbons (Fsp3) is 0.667. The van der Waals surface area contributed by atoms with E-state index in [-0.39, 0.29) is 12.0 Å². The van der Waals surface area contributed by atoms with Crippen molar-refractivity contribution in [2.45, 2.75) is 31.7 Å². The molecule has 1 N–H and O–H groups in total. The number of nitrogens with zero attached hydrogens (tertiary/aromatic N) is 1. The first-order valence-electron chi connectivity index (χ1n) is 7.36. The zero-order chi connectivity index (χ0) is 14.2. The zero-order valence-corrected chi connectivity index (χ0v) is 12.1. The van der Waals surface area contributed by atoms with Crippen LogP contribution in [0.1, 0.15) is 37.5 Å². The number of furan rings is 1. The van der Waals surface area contributed by atoms with E-state index in [0.29, 0.717) is 13.0 Å². The van der Waals surface area contributed by atoms with Gasteiger partial charge in [0.25, 0.3) is 0 Å². The summed E-state index contributed by atoms with van der Waals surface area (Å²) in [7, 11) is 1.42. The first-order valence-corrected chi connectivity index (χ1v) is 7.36. The van der Waals surface area contributed by atoms with Crippen molar-refractivity contribution < 1.29 is 13.9 Å². The molecule has 0 saturated carbocycles. The van der Waals surface area contributed by atoms with Crippen molar-refractivity contribution in [3.8, 4) is 0 Å². The molecule has 1 atom stereocenters. The van der Waals surface area contributed by atoms with Crippen LogP contribution in [0.2, 0.25) is 0 Å². The Morgan fingerprint density at radius 1 is 1.45 bits per heavy atom. The second-order valence-electron chi connectivity index (χ2n) is 5.16.